The van der Waals surface area contributed by atoms with Crippen molar-refractivity contribution in [2.24, 2.45) is 0 Å². The molecule has 0 heterocycles. The summed E-state index contributed by atoms with van der Waals surface area (Å²) < 4.78 is 0. The maximum atomic E-state index is 12.3. The maximum Gasteiger partial charge on any atom is 0.335 e. The first-order valence-corrected chi connectivity index (χ1v) is 8.15. The second-order valence-electron chi connectivity index (χ2n) is 5.78. The molecule has 3 aromatic rings. The second kappa shape index (κ2) is 9.18. The van der Waals surface area contributed by atoms with Gasteiger partial charge in [-0.25, -0.2) is 4.79 Å². The summed E-state index contributed by atoms with van der Waals surface area (Å²) in [5.41, 5.74) is 2.74. The highest BCUT2D eigenvalue weighted by atomic mass is 16.4. The van der Waals surface area contributed by atoms with Crippen molar-refractivity contribution in [1.29, 1.82) is 0 Å². The van der Waals surface area contributed by atoms with Crippen molar-refractivity contribution in [3.63, 3.8) is 0 Å². The van der Waals surface area contributed by atoms with Gasteiger partial charge in [0.1, 0.15) is 0 Å². The molecule has 0 saturated carbocycles. The van der Waals surface area contributed by atoms with E-state index in [0.29, 0.717) is 5.56 Å². The van der Waals surface area contributed by atoms with Crippen LogP contribution in [0.25, 0.3) is 0 Å². The molecule has 0 atom stereocenters. The Kier molecular flexibility index (Phi) is 6.68. The molecule has 0 amide bonds. The van der Waals surface area contributed by atoms with Crippen LogP contribution >= 0.6 is 0 Å². The monoisotopic (exact) mass is 347 g/mol. The molecule has 0 radical (unpaired) electrons. The van der Waals surface area contributed by atoms with Crippen LogP contribution in [0.3, 0.4) is 0 Å². The molecular weight excluding hydrogens is 326 g/mol. The molecule has 0 spiro atoms. The van der Waals surface area contributed by atoms with Gasteiger partial charge in [-0.2, -0.15) is 0 Å². The Balaban J connectivity index is 0.000000228. The van der Waals surface area contributed by atoms with E-state index in [9.17, 15) is 9.59 Å². The van der Waals surface area contributed by atoms with Crippen LogP contribution in [0, 0.1) is 0 Å². The Bertz CT molecular complexity index is 859. The summed E-state index contributed by atoms with van der Waals surface area (Å²) in [6.07, 6.45) is 0. The molecule has 0 bridgehead atoms. The van der Waals surface area contributed by atoms with Crippen LogP contribution < -0.4 is 4.90 Å². The molecule has 3 rings (SSSR count). The van der Waals surface area contributed by atoms with E-state index in [-0.39, 0.29) is 5.78 Å². The average Bonchev–Trinajstić information content (AvgIpc) is 2.69. The predicted molar refractivity (Wildman–Crippen MR) is 104 cm³/mol. The third-order valence-corrected chi connectivity index (χ3v) is 3.69. The van der Waals surface area contributed by atoms with E-state index in [2.05, 4.69) is 0 Å². The number of carbonyl (C=O) groups excluding carboxylic acids is 1. The lowest BCUT2D eigenvalue weighted by atomic mass is 10.0. The lowest BCUT2D eigenvalue weighted by molar-refractivity contribution is 0.0696. The van der Waals surface area contributed by atoms with Crippen LogP contribution in [0.15, 0.2) is 84.9 Å². The van der Waals surface area contributed by atoms with Crippen LogP contribution in [-0.4, -0.2) is 31.0 Å². The molecule has 132 valence electrons. The summed E-state index contributed by atoms with van der Waals surface area (Å²) in [4.78, 5) is 24.5. The molecule has 0 aliphatic rings. The first-order chi connectivity index (χ1) is 12.5. The lowest BCUT2D eigenvalue weighted by Crippen LogP contribution is -2.14. The highest BCUT2D eigenvalue weighted by molar-refractivity contribution is 6.12. The lowest BCUT2D eigenvalue weighted by Gasteiger charge is -2.16. The fraction of sp³-hybridized carbons (Fsp3) is 0.0909. The van der Waals surface area contributed by atoms with Gasteiger partial charge in [0.2, 0.25) is 0 Å². The van der Waals surface area contributed by atoms with Gasteiger partial charge in [0.15, 0.2) is 5.78 Å². The zero-order valence-electron chi connectivity index (χ0n) is 14.8. The Hall–Kier alpha value is -3.40. The Morgan fingerprint density at radius 2 is 1.15 bits per heavy atom. The van der Waals surface area contributed by atoms with E-state index in [0.717, 1.165) is 16.8 Å². The molecule has 0 aromatic heterocycles. The summed E-state index contributed by atoms with van der Waals surface area (Å²) in [5.74, 6) is -0.814. The van der Waals surface area contributed by atoms with Gasteiger partial charge in [0.25, 0.3) is 0 Å². The van der Waals surface area contributed by atoms with Gasteiger partial charge in [0, 0.05) is 30.9 Å². The first-order valence-electron chi connectivity index (χ1n) is 8.15. The molecule has 4 nitrogen and oxygen atoms in total. The van der Waals surface area contributed by atoms with E-state index in [4.69, 9.17) is 5.11 Å². The molecule has 0 aliphatic carbocycles. The Morgan fingerprint density at radius 1 is 0.692 bits per heavy atom. The quantitative estimate of drug-likeness (QED) is 0.712. The summed E-state index contributed by atoms with van der Waals surface area (Å²) in [6, 6.07) is 25.3. The highest BCUT2D eigenvalue weighted by Gasteiger charge is 2.13. The SMILES string of the molecule is CN(C)c1ccccc1C(=O)c1ccccc1.O=C(O)c1ccccc1. The molecule has 0 aliphatic heterocycles. The van der Waals surface area contributed by atoms with Gasteiger partial charge in [-0.05, 0) is 24.3 Å². The minimum absolute atomic E-state index is 0.0647. The van der Waals surface area contributed by atoms with Crippen molar-refractivity contribution in [1.82, 2.24) is 0 Å². The number of aromatic carboxylic acids is 1. The van der Waals surface area contributed by atoms with E-state index in [1.54, 1.807) is 30.3 Å². The maximum absolute atomic E-state index is 12.3. The first kappa shape index (κ1) is 18.9. The van der Waals surface area contributed by atoms with Gasteiger partial charge in [0.05, 0.1) is 5.56 Å². The second-order valence-corrected chi connectivity index (χ2v) is 5.78. The van der Waals surface area contributed by atoms with Crippen molar-refractivity contribution in [2.75, 3.05) is 19.0 Å². The van der Waals surface area contributed by atoms with Crippen LogP contribution in [-0.2, 0) is 0 Å². The number of benzene rings is 3. The minimum Gasteiger partial charge on any atom is -0.478 e. The molecule has 1 N–H and O–H groups in total. The number of hydrogen-bond donors (Lipinski definition) is 1. The molecular formula is C22H21NO3. The zero-order chi connectivity index (χ0) is 18.9. The average molecular weight is 347 g/mol. The number of carbonyl (C=O) groups is 2. The van der Waals surface area contributed by atoms with E-state index >= 15 is 0 Å². The summed E-state index contributed by atoms with van der Waals surface area (Å²) >= 11 is 0. The van der Waals surface area contributed by atoms with E-state index in [1.807, 2.05) is 73.6 Å². The number of ketones is 1. The molecule has 3 aromatic carbocycles. The summed E-state index contributed by atoms with van der Waals surface area (Å²) in [6.45, 7) is 0. The third kappa shape index (κ3) is 5.05. The van der Waals surface area contributed by atoms with Gasteiger partial charge >= 0.3 is 5.97 Å². The number of hydrogen-bond acceptors (Lipinski definition) is 3. The highest BCUT2D eigenvalue weighted by Crippen LogP contribution is 2.21. The molecule has 26 heavy (non-hydrogen) atoms. The number of carboxylic acid groups (broad SMARTS) is 1. The Labute approximate surface area is 153 Å². The van der Waals surface area contributed by atoms with Gasteiger partial charge < -0.3 is 10.0 Å². The predicted octanol–water partition coefficient (Wildman–Crippen LogP) is 4.37. The zero-order valence-corrected chi connectivity index (χ0v) is 14.8. The van der Waals surface area contributed by atoms with Crippen LogP contribution in [0.4, 0.5) is 5.69 Å². The topological polar surface area (TPSA) is 57.6 Å². The van der Waals surface area contributed by atoms with E-state index in [1.165, 1.54) is 0 Å². The van der Waals surface area contributed by atoms with Crippen molar-refractivity contribution in [3.05, 3.63) is 102 Å². The van der Waals surface area contributed by atoms with Gasteiger partial charge in [-0.1, -0.05) is 60.7 Å². The third-order valence-electron chi connectivity index (χ3n) is 3.69. The van der Waals surface area contributed by atoms with Crippen LogP contribution in [0.5, 0.6) is 0 Å². The van der Waals surface area contributed by atoms with Crippen LogP contribution in [0.1, 0.15) is 26.3 Å². The smallest absolute Gasteiger partial charge is 0.335 e. The fourth-order valence-electron chi connectivity index (χ4n) is 2.38. The molecule has 0 fully saturated rings. The molecule has 0 unspecified atom stereocenters. The number of carboxylic acids is 1. The minimum atomic E-state index is -0.879. The summed E-state index contributed by atoms with van der Waals surface area (Å²) in [7, 11) is 3.88. The number of rotatable bonds is 4. The van der Waals surface area contributed by atoms with Crippen molar-refractivity contribution >= 4 is 17.4 Å². The Morgan fingerprint density at radius 3 is 1.62 bits per heavy atom. The molecule has 0 saturated heterocycles. The van der Waals surface area contributed by atoms with Crippen molar-refractivity contribution in [3.8, 4) is 0 Å². The fourth-order valence-corrected chi connectivity index (χ4v) is 2.38. The van der Waals surface area contributed by atoms with E-state index < -0.39 is 5.97 Å². The van der Waals surface area contributed by atoms with Gasteiger partial charge in [-0.3, -0.25) is 4.79 Å². The van der Waals surface area contributed by atoms with Gasteiger partial charge in [-0.15, -0.1) is 0 Å². The number of para-hydroxylation sites is 1. The number of anilines is 1. The standard InChI is InChI=1S/C15H15NO.C7H6O2/c1-16(2)14-11-7-6-10-13(14)15(17)12-8-4-3-5-9-12;8-7(9)6-4-2-1-3-5-6/h3-11H,1-2H3;1-5H,(H,8,9). The van der Waals surface area contributed by atoms with Crippen LogP contribution in [0.2, 0.25) is 0 Å². The number of nitrogens with zero attached hydrogens (tertiary/aromatic N) is 1. The largest absolute Gasteiger partial charge is 0.478 e. The summed E-state index contributed by atoms with van der Waals surface area (Å²) in [5, 5.41) is 8.38. The molecule has 4 heteroatoms. The van der Waals surface area contributed by atoms with Crippen molar-refractivity contribution < 1.29 is 14.7 Å². The van der Waals surface area contributed by atoms with Crippen molar-refractivity contribution in [2.45, 2.75) is 0 Å². The normalized spacial score (nSPS) is 9.62.